The summed E-state index contributed by atoms with van der Waals surface area (Å²) >= 11 is 0. The zero-order valence-electron chi connectivity index (χ0n) is 31.4. The average molecular weight is 863 g/mol. The van der Waals surface area contributed by atoms with Crippen molar-refractivity contribution in [1.82, 2.24) is 25.3 Å². The number of anilines is 1. The quantitative estimate of drug-likeness (QED) is 0.147. The molecule has 0 bridgehead atoms. The van der Waals surface area contributed by atoms with Gasteiger partial charge in [-0.3, -0.25) is 14.7 Å². The van der Waals surface area contributed by atoms with Crippen molar-refractivity contribution in [1.29, 1.82) is 0 Å². The fraction of sp³-hybridized carbons (Fsp3) is 0.412. The highest BCUT2D eigenvalue weighted by atomic mass is 19.4. The first-order chi connectivity index (χ1) is 27.1. The van der Waals surface area contributed by atoms with Crippen molar-refractivity contribution in [3.63, 3.8) is 0 Å². The van der Waals surface area contributed by atoms with Crippen molar-refractivity contribution < 1.29 is 88.3 Å². The number of nitrogens with zero attached hydrogens (tertiary/aromatic N) is 3. The van der Waals surface area contributed by atoms with Gasteiger partial charge in [-0.05, 0) is 76.1 Å². The molecule has 2 amide bonds. The van der Waals surface area contributed by atoms with Crippen molar-refractivity contribution in [2.75, 3.05) is 66.4 Å². The van der Waals surface area contributed by atoms with Crippen LogP contribution in [0.15, 0.2) is 48.8 Å². The summed E-state index contributed by atoms with van der Waals surface area (Å²) in [6.45, 7) is 2.79. The number of likely N-dealkylation sites (N-methyl/N-ethyl adjacent to an activating group) is 2. The van der Waals surface area contributed by atoms with Gasteiger partial charge in [0.05, 0.1) is 17.8 Å². The summed E-state index contributed by atoms with van der Waals surface area (Å²) in [6.07, 6.45) is -11.2. The van der Waals surface area contributed by atoms with Gasteiger partial charge in [0.2, 0.25) is 5.91 Å². The van der Waals surface area contributed by atoms with E-state index in [4.69, 9.17) is 39.2 Å². The maximum absolute atomic E-state index is 13.3. The molecule has 1 aliphatic rings. The van der Waals surface area contributed by atoms with E-state index in [9.17, 15) is 49.1 Å². The minimum atomic E-state index is -5.08. The van der Waals surface area contributed by atoms with Gasteiger partial charge in [0, 0.05) is 37.0 Å². The number of alkyl halides is 9. The number of halogens is 9. The standard InChI is InChI=1S/C28H36N6O4.3C2HF3O2/c1-33(2)10-9-29-27(35)20-6-8-25-21(13-20)14-22(18-38-25)28(36)32-24-7-5-19(23-16-30-31-17-23)15-26(24)37-12-11-34(3)4;3*3-2(4,5)1(6)7/h5-8,13,15-17,22H,9-12,14,18H2,1-4H3,(H,29,35)(H,30,31)(H,32,36);3*(H,6,7). The summed E-state index contributed by atoms with van der Waals surface area (Å²) in [5.74, 6) is -7.68. The van der Waals surface area contributed by atoms with Crippen molar-refractivity contribution in [2.45, 2.75) is 24.9 Å². The Balaban J connectivity index is 0.000000678. The third-order valence-corrected chi connectivity index (χ3v) is 7.04. The number of carbonyl (C=O) groups is 5. The highest BCUT2D eigenvalue weighted by Crippen LogP contribution is 2.33. The molecule has 2 heterocycles. The topological polar surface area (TPSA) is 224 Å². The van der Waals surface area contributed by atoms with Crippen molar-refractivity contribution >= 4 is 35.4 Å². The number of aromatic amines is 1. The van der Waals surface area contributed by atoms with Crippen LogP contribution in [0.2, 0.25) is 0 Å². The van der Waals surface area contributed by atoms with Crippen LogP contribution in [0.1, 0.15) is 15.9 Å². The van der Waals surface area contributed by atoms with E-state index in [0.29, 0.717) is 42.3 Å². The number of hydrogen-bond acceptors (Lipinski definition) is 10. The third kappa shape index (κ3) is 19.3. The van der Waals surface area contributed by atoms with E-state index >= 15 is 0 Å². The molecule has 59 heavy (non-hydrogen) atoms. The first-order valence-corrected chi connectivity index (χ1v) is 16.4. The molecule has 0 saturated carbocycles. The normalized spacial score (nSPS) is 13.4. The minimum absolute atomic E-state index is 0.140. The molecule has 328 valence electrons. The molecule has 3 aromatic rings. The Hall–Kier alpha value is -6.11. The van der Waals surface area contributed by atoms with Crippen LogP contribution in [-0.4, -0.2) is 145 Å². The first-order valence-electron chi connectivity index (χ1n) is 16.4. The lowest BCUT2D eigenvalue weighted by Crippen LogP contribution is -2.33. The predicted octanol–water partition coefficient (Wildman–Crippen LogP) is 4.40. The Morgan fingerprint density at radius 2 is 1.36 bits per heavy atom. The number of fused-ring (bicyclic) bond motifs is 1. The van der Waals surface area contributed by atoms with E-state index in [-0.39, 0.29) is 18.4 Å². The zero-order valence-corrected chi connectivity index (χ0v) is 31.4. The summed E-state index contributed by atoms with van der Waals surface area (Å²) in [5, 5.41) is 34.2. The lowest BCUT2D eigenvalue weighted by atomic mass is 9.94. The van der Waals surface area contributed by atoms with Gasteiger partial charge in [-0.1, -0.05) is 6.07 Å². The van der Waals surface area contributed by atoms with Crippen LogP contribution in [0.25, 0.3) is 11.1 Å². The number of aromatic nitrogens is 2. The minimum Gasteiger partial charge on any atom is -0.492 e. The SMILES string of the molecule is CN(C)CCNC(=O)c1ccc2c(c1)CC(C(=O)Nc1ccc(-c3cn[nH]c3)cc1OCCN(C)C)CO2.O=C(O)C(F)(F)F.O=C(O)C(F)(F)F.O=C(O)C(F)(F)F. The molecule has 2 aromatic carbocycles. The number of hydrogen-bond donors (Lipinski definition) is 6. The number of carbonyl (C=O) groups excluding carboxylic acids is 2. The van der Waals surface area contributed by atoms with Crippen LogP contribution in [0.5, 0.6) is 11.5 Å². The van der Waals surface area contributed by atoms with Crippen molar-refractivity contribution in [3.05, 3.63) is 59.9 Å². The van der Waals surface area contributed by atoms with Crippen LogP contribution in [0.3, 0.4) is 0 Å². The molecular weight excluding hydrogens is 823 g/mol. The Kier molecular flexibility index (Phi) is 19.6. The summed E-state index contributed by atoms with van der Waals surface area (Å²) in [6, 6.07) is 11.0. The van der Waals surface area contributed by atoms with Gasteiger partial charge in [-0.15, -0.1) is 0 Å². The molecule has 4 rings (SSSR count). The first kappa shape index (κ1) is 50.9. The van der Waals surface area contributed by atoms with E-state index in [0.717, 1.165) is 29.8 Å². The fourth-order valence-electron chi connectivity index (χ4n) is 4.11. The molecule has 6 N–H and O–H groups in total. The molecule has 25 heteroatoms. The highest BCUT2D eigenvalue weighted by Gasteiger charge is 2.39. The van der Waals surface area contributed by atoms with Gasteiger partial charge in [-0.25, -0.2) is 14.4 Å². The van der Waals surface area contributed by atoms with Gasteiger partial charge in [0.1, 0.15) is 24.7 Å². The number of nitrogens with one attached hydrogen (secondary N) is 3. The Morgan fingerprint density at radius 1 is 0.814 bits per heavy atom. The van der Waals surface area contributed by atoms with Gasteiger partial charge in [0.25, 0.3) is 5.91 Å². The maximum Gasteiger partial charge on any atom is 0.490 e. The molecule has 0 aliphatic carbocycles. The Morgan fingerprint density at radius 3 is 1.83 bits per heavy atom. The second-order valence-electron chi connectivity index (χ2n) is 12.3. The summed E-state index contributed by atoms with van der Waals surface area (Å²) in [7, 11) is 7.88. The molecule has 0 radical (unpaired) electrons. The fourth-order valence-corrected chi connectivity index (χ4v) is 4.11. The largest absolute Gasteiger partial charge is 0.492 e. The van der Waals surface area contributed by atoms with Crippen LogP contribution in [0, 0.1) is 5.92 Å². The summed E-state index contributed by atoms with van der Waals surface area (Å²) < 4.78 is 107. The molecule has 1 unspecified atom stereocenters. The lowest BCUT2D eigenvalue weighted by Gasteiger charge is -2.25. The molecule has 1 aliphatic heterocycles. The number of carboxylic acid groups (broad SMARTS) is 3. The molecule has 1 atom stereocenters. The Bertz CT molecular complexity index is 1800. The summed E-state index contributed by atoms with van der Waals surface area (Å²) in [4.78, 5) is 56.6. The molecular formula is C34H39F9N6O10. The highest BCUT2D eigenvalue weighted by molar-refractivity contribution is 5.96. The molecule has 1 aromatic heterocycles. The predicted molar refractivity (Wildman–Crippen MR) is 188 cm³/mol. The second kappa shape index (κ2) is 22.7. The van der Waals surface area contributed by atoms with Gasteiger partial charge >= 0.3 is 36.4 Å². The molecule has 16 nitrogen and oxygen atoms in total. The molecule has 0 fully saturated rings. The number of aliphatic carboxylic acids is 3. The van der Waals surface area contributed by atoms with Crippen LogP contribution in [0.4, 0.5) is 45.2 Å². The van der Waals surface area contributed by atoms with Crippen LogP contribution in [-0.2, 0) is 25.6 Å². The van der Waals surface area contributed by atoms with Crippen LogP contribution >= 0.6 is 0 Å². The second-order valence-corrected chi connectivity index (χ2v) is 12.3. The van der Waals surface area contributed by atoms with E-state index in [1.165, 1.54) is 0 Å². The number of amides is 2. The van der Waals surface area contributed by atoms with Crippen molar-refractivity contribution in [3.8, 4) is 22.6 Å². The zero-order chi connectivity index (χ0) is 45.3. The van der Waals surface area contributed by atoms with E-state index in [1.54, 1.807) is 18.3 Å². The van der Waals surface area contributed by atoms with E-state index in [2.05, 4.69) is 20.8 Å². The number of rotatable bonds is 11. The van der Waals surface area contributed by atoms with Crippen LogP contribution < -0.4 is 20.1 Å². The number of carboxylic acids is 3. The molecule has 0 spiro atoms. The van der Waals surface area contributed by atoms with Gasteiger partial charge < -0.3 is 45.2 Å². The van der Waals surface area contributed by atoms with E-state index < -0.39 is 42.4 Å². The third-order valence-electron chi connectivity index (χ3n) is 7.04. The van der Waals surface area contributed by atoms with Gasteiger partial charge in [-0.2, -0.15) is 44.6 Å². The Labute approximate surface area is 328 Å². The number of benzene rings is 2. The summed E-state index contributed by atoms with van der Waals surface area (Å²) in [5.41, 5.74) is 3.86. The van der Waals surface area contributed by atoms with Crippen molar-refractivity contribution in [2.24, 2.45) is 5.92 Å². The van der Waals surface area contributed by atoms with E-state index in [1.807, 2.05) is 68.5 Å². The number of ether oxygens (including phenoxy) is 2. The smallest absolute Gasteiger partial charge is 0.490 e. The average Bonchev–Trinajstić information content (AvgIpc) is 3.66. The lowest BCUT2D eigenvalue weighted by molar-refractivity contribution is -0.193. The monoisotopic (exact) mass is 862 g/mol. The molecule has 0 saturated heterocycles. The van der Waals surface area contributed by atoms with Gasteiger partial charge in [0.15, 0.2) is 0 Å². The maximum atomic E-state index is 13.3. The number of H-pyrrole nitrogens is 1.